The molecule has 0 rings (SSSR count). The SMILES string of the molecule is C=CCNCCCN.CC(=O)O. The molecule has 0 aliphatic rings. The summed E-state index contributed by atoms with van der Waals surface area (Å²) in [5.74, 6) is -0.833. The van der Waals surface area contributed by atoms with Crippen molar-refractivity contribution in [1.29, 1.82) is 0 Å². The maximum Gasteiger partial charge on any atom is 0.300 e. The van der Waals surface area contributed by atoms with Gasteiger partial charge in [0.2, 0.25) is 0 Å². The largest absolute Gasteiger partial charge is 0.481 e. The normalized spacial score (nSPS) is 8.17. The van der Waals surface area contributed by atoms with E-state index < -0.39 is 5.97 Å². The zero-order chi connectivity index (χ0) is 9.82. The Labute approximate surface area is 73.5 Å². The van der Waals surface area contributed by atoms with Gasteiger partial charge in [-0.15, -0.1) is 6.58 Å². The predicted molar refractivity (Wildman–Crippen MR) is 50.0 cm³/mol. The van der Waals surface area contributed by atoms with Crippen LogP contribution in [0.5, 0.6) is 0 Å². The number of nitrogens with two attached hydrogens (primary N) is 1. The maximum absolute atomic E-state index is 9.00. The van der Waals surface area contributed by atoms with E-state index in [1.807, 2.05) is 6.08 Å². The molecule has 72 valence electrons. The Kier molecular flexibility index (Phi) is 14.6. The fraction of sp³-hybridized carbons (Fsp3) is 0.625. The first-order valence-electron chi connectivity index (χ1n) is 3.86. The van der Waals surface area contributed by atoms with Gasteiger partial charge in [0.25, 0.3) is 5.97 Å². The van der Waals surface area contributed by atoms with Crippen LogP contribution in [0.1, 0.15) is 13.3 Å². The fourth-order valence-electron chi connectivity index (χ4n) is 0.431. The second kappa shape index (κ2) is 12.8. The Morgan fingerprint density at radius 2 is 2.25 bits per heavy atom. The van der Waals surface area contributed by atoms with Crippen LogP contribution in [0.4, 0.5) is 0 Å². The van der Waals surface area contributed by atoms with Gasteiger partial charge in [-0.3, -0.25) is 4.79 Å². The van der Waals surface area contributed by atoms with Crippen molar-refractivity contribution in [2.75, 3.05) is 19.6 Å². The highest BCUT2D eigenvalue weighted by molar-refractivity contribution is 5.62. The van der Waals surface area contributed by atoms with E-state index in [2.05, 4.69) is 11.9 Å². The minimum absolute atomic E-state index is 0.768. The van der Waals surface area contributed by atoms with Crippen molar-refractivity contribution in [2.24, 2.45) is 5.73 Å². The highest BCUT2D eigenvalue weighted by Gasteiger charge is 1.78. The van der Waals surface area contributed by atoms with E-state index >= 15 is 0 Å². The molecule has 12 heavy (non-hydrogen) atoms. The topological polar surface area (TPSA) is 75.3 Å². The van der Waals surface area contributed by atoms with Crippen LogP contribution in [0.25, 0.3) is 0 Å². The lowest BCUT2D eigenvalue weighted by molar-refractivity contribution is -0.134. The molecular formula is C8H18N2O2. The lowest BCUT2D eigenvalue weighted by atomic mass is 10.4. The summed E-state index contributed by atoms with van der Waals surface area (Å²) in [6, 6.07) is 0. The number of hydrogen-bond acceptors (Lipinski definition) is 3. The van der Waals surface area contributed by atoms with Crippen molar-refractivity contribution in [3.63, 3.8) is 0 Å². The minimum atomic E-state index is -0.833. The molecule has 4 heteroatoms. The number of carboxylic acid groups (broad SMARTS) is 1. The molecule has 0 saturated carbocycles. The molecule has 0 aromatic rings. The number of carbonyl (C=O) groups is 1. The molecular weight excluding hydrogens is 156 g/mol. The summed E-state index contributed by atoms with van der Waals surface area (Å²) in [6.07, 6.45) is 2.89. The molecule has 0 atom stereocenters. The smallest absolute Gasteiger partial charge is 0.300 e. The monoisotopic (exact) mass is 174 g/mol. The Hall–Kier alpha value is -0.870. The summed E-state index contributed by atoms with van der Waals surface area (Å²) >= 11 is 0. The molecule has 0 unspecified atom stereocenters. The summed E-state index contributed by atoms with van der Waals surface area (Å²) in [6.45, 7) is 7.31. The van der Waals surface area contributed by atoms with E-state index in [4.69, 9.17) is 15.6 Å². The van der Waals surface area contributed by atoms with Crippen molar-refractivity contribution in [1.82, 2.24) is 5.32 Å². The van der Waals surface area contributed by atoms with Gasteiger partial charge in [-0.2, -0.15) is 0 Å². The average molecular weight is 174 g/mol. The van der Waals surface area contributed by atoms with Crippen LogP contribution in [-0.2, 0) is 4.79 Å². The van der Waals surface area contributed by atoms with Crippen LogP contribution in [-0.4, -0.2) is 30.7 Å². The van der Waals surface area contributed by atoms with E-state index in [-0.39, 0.29) is 0 Å². The van der Waals surface area contributed by atoms with Crippen molar-refractivity contribution in [2.45, 2.75) is 13.3 Å². The van der Waals surface area contributed by atoms with Crippen molar-refractivity contribution in [3.05, 3.63) is 12.7 Å². The average Bonchev–Trinajstić information content (AvgIpc) is 1.97. The lowest BCUT2D eigenvalue weighted by Crippen LogP contribution is -2.17. The Morgan fingerprint density at radius 1 is 1.75 bits per heavy atom. The zero-order valence-corrected chi connectivity index (χ0v) is 7.55. The molecule has 0 spiro atoms. The van der Waals surface area contributed by atoms with Gasteiger partial charge in [-0.1, -0.05) is 6.08 Å². The number of nitrogens with one attached hydrogen (secondary N) is 1. The van der Waals surface area contributed by atoms with Gasteiger partial charge < -0.3 is 16.2 Å². The molecule has 0 bridgehead atoms. The fourth-order valence-corrected chi connectivity index (χ4v) is 0.431. The van der Waals surface area contributed by atoms with Gasteiger partial charge in [-0.05, 0) is 19.5 Å². The third-order valence-corrected chi connectivity index (χ3v) is 0.846. The first-order chi connectivity index (χ1) is 5.65. The van der Waals surface area contributed by atoms with Crippen LogP contribution in [0.15, 0.2) is 12.7 Å². The van der Waals surface area contributed by atoms with E-state index in [0.717, 1.165) is 33.0 Å². The standard InChI is InChI=1S/C6H14N2.C2H4O2/c1-2-5-8-6-3-4-7;1-2(3)4/h2,8H,1,3-7H2;1H3,(H,3,4). The van der Waals surface area contributed by atoms with Crippen LogP contribution in [0, 0.1) is 0 Å². The van der Waals surface area contributed by atoms with E-state index in [1.165, 1.54) is 0 Å². The van der Waals surface area contributed by atoms with Crippen LogP contribution in [0.3, 0.4) is 0 Å². The maximum atomic E-state index is 9.00. The van der Waals surface area contributed by atoms with Crippen LogP contribution >= 0.6 is 0 Å². The first kappa shape index (κ1) is 13.7. The molecule has 0 aliphatic heterocycles. The molecule has 0 aromatic carbocycles. The van der Waals surface area contributed by atoms with E-state index in [0.29, 0.717) is 0 Å². The summed E-state index contributed by atoms with van der Waals surface area (Å²) < 4.78 is 0. The molecule has 4 N–H and O–H groups in total. The molecule has 0 radical (unpaired) electrons. The second-order valence-electron chi connectivity index (χ2n) is 2.15. The molecule has 0 fully saturated rings. The number of hydrogen-bond donors (Lipinski definition) is 3. The van der Waals surface area contributed by atoms with Gasteiger partial charge in [0.15, 0.2) is 0 Å². The summed E-state index contributed by atoms with van der Waals surface area (Å²) in [5, 5.41) is 10.6. The second-order valence-corrected chi connectivity index (χ2v) is 2.15. The molecule has 0 heterocycles. The van der Waals surface area contributed by atoms with Crippen molar-refractivity contribution < 1.29 is 9.90 Å². The highest BCUT2D eigenvalue weighted by atomic mass is 16.4. The van der Waals surface area contributed by atoms with Gasteiger partial charge >= 0.3 is 0 Å². The Balaban J connectivity index is 0. The van der Waals surface area contributed by atoms with E-state index in [1.54, 1.807) is 0 Å². The molecule has 4 nitrogen and oxygen atoms in total. The number of rotatable bonds is 5. The zero-order valence-electron chi connectivity index (χ0n) is 7.55. The lowest BCUT2D eigenvalue weighted by Gasteiger charge is -1.96. The summed E-state index contributed by atoms with van der Waals surface area (Å²) in [5.41, 5.74) is 5.24. The quantitative estimate of drug-likeness (QED) is 0.411. The third kappa shape index (κ3) is 35.4. The van der Waals surface area contributed by atoms with E-state index in [9.17, 15) is 0 Å². The molecule has 0 saturated heterocycles. The van der Waals surface area contributed by atoms with Gasteiger partial charge in [0, 0.05) is 13.5 Å². The van der Waals surface area contributed by atoms with Crippen molar-refractivity contribution >= 4 is 5.97 Å². The minimum Gasteiger partial charge on any atom is -0.481 e. The Morgan fingerprint density at radius 3 is 2.58 bits per heavy atom. The van der Waals surface area contributed by atoms with Gasteiger partial charge in [0.05, 0.1) is 0 Å². The summed E-state index contributed by atoms with van der Waals surface area (Å²) in [4.78, 5) is 9.00. The van der Waals surface area contributed by atoms with Gasteiger partial charge in [0.1, 0.15) is 0 Å². The first-order valence-corrected chi connectivity index (χ1v) is 3.86. The predicted octanol–water partition coefficient (Wildman–Crippen LogP) is 0.202. The molecule has 0 aliphatic carbocycles. The van der Waals surface area contributed by atoms with Gasteiger partial charge in [-0.25, -0.2) is 0 Å². The number of carboxylic acids is 1. The van der Waals surface area contributed by atoms with Crippen molar-refractivity contribution in [3.8, 4) is 0 Å². The van der Waals surface area contributed by atoms with Crippen LogP contribution in [0.2, 0.25) is 0 Å². The highest BCUT2D eigenvalue weighted by Crippen LogP contribution is 1.67. The number of aliphatic carboxylic acids is 1. The Bertz CT molecular complexity index is 112. The molecule has 0 amide bonds. The van der Waals surface area contributed by atoms with Crippen LogP contribution < -0.4 is 11.1 Å². The third-order valence-electron chi connectivity index (χ3n) is 0.846. The summed E-state index contributed by atoms with van der Waals surface area (Å²) in [7, 11) is 0. The molecule has 0 aromatic heterocycles.